The molecule has 1 heterocycles. The third-order valence-corrected chi connectivity index (χ3v) is 4.04. The minimum Gasteiger partial charge on any atom is -0.466 e. The molecule has 1 fully saturated rings. The van der Waals surface area contributed by atoms with Crippen molar-refractivity contribution in [1.82, 2.24) is 4.90 Å². The van der Waals surface area contributed by atoms with Gasteiger partial charge in [0, 0.05) is 18.1 Å². The number of halogens is 2. The number of esters is 1. The second-order valence-corrected chi connectivity index (χ2v) is 5.81. The van der Waals surface area contributed by atoms with Gasteiger partial charge in [0.15, 0.2) is 0 Å². The van der Waals surface area contributed by atoms with Gasteiger partial charge >= 0.3 is 5.97 Å². The number of carbonyl (C=O) groups excluding carboxylic acids is 2. The standard InChI is InChI=1S/C15H17Cl2NO3/c1-2-21-15(20)10-4-3-7-18(9-10)14(19)12-6-5-11(16)8-13(12)17/h5-6,8,10H,2-4,7,9H2,1H3. The lowest BCUT2D eigenvalue weighted by Gasteiger charge is -2.31. The van der Waals surface area contributed by atoms with Crippen LogP contribution < -0.4 is 0 Å². The van der Waals surface area contributed by atoms with Crippen LogP contribution >= 0.6 is 23.2 Å². The molecule has 0 bridgehead atoms. The van der Waals surface area contributed by atoms with E-state index >= 15 is 0 Å². The van der Waals surface area contributed by atoms with Crippen LogP contribution in [0.2, 0.25) is 10.0 Å². The Morgan fingerprint density at radius 3 is 2.81 bits per heavy atom. The molecule has 4 nitrogen and oxygen atoms in total. The fraction of sp³-hybridized carbons (Fsp3) is 0.467. The van der Waals surface area contributed by atoms with Gasteiger partial charge in [0.2, 0.25) is 0 Å². The minimum atomic E-state index is -0.256. The lowest BCUT2D eigenvalue weighted by Crippen LogP contribution is -2.42. The second kappa shape index (κ2) is 7.14. The summed E-state index contributed by atoms with van der Waals surface area (Å²) in [6.07, 6.45) is 1.53. The van der Waals surface area contributed by atoms with E-state index < -0.39 is 0 Å². The predicted molar refractivity (Wildman–Crippen MR) is 81.7 cm³/mol. The Hall–Kier alpha value is -1.26. The number of amides is 1. The molecule has 0 aliphatic carbocycles. The summed E-state index contributed by atoms with van der Waals surface area (Å²) < 4.78 is 5.03. The van der Waals surface area contributed by atoms with Crippen LogP contribution in [0.15, 0.2) is 18.2 Å². The van der Waals surface area contributed by atoms with E-state index in [0.29, 0.717) is 35.3 Å². The molecule has 114 valence electrons. The zero-order chi connectivity index (χ0) is 15.4. The molecule has 1 aliphatic rings. The lowest BCUT2D eigenvalue weighted by molar-refractivity contribution is -0.149. The van der Waals surface area contributed by atoms with E-state index in [2.05, 4.69) is 0 Å². The largest absolute Gasteiger partial charge is 0.466 e. The van der Waals surface area contributed by atoms with Gasteiger partial charge in [0.25, 0.3) is 5.91 Å². The number of likely N-dealkylation sites (tertiary alicyclic amines) is 1. The summed E-state index contributed by atoms with van der Waals surface area (Å²) in [5.41, 5.74) is 0.408. The Morgan fingerprint density at radius 2 is 2.14 bits per heavy atom. The first-order valence-electron chi connectivity index (χ1n) is 6.94. The van der Waals surface area contributed by atoms with Crippen molar-refractivity contribution >= 4 is 35.1 Å². The highest BCUT2D eigenvalue weighted by Gasteiger charge is 2.30. The first-order valence-corrected chi connectivity index (χ1v) is 7.69. The molecule has 1 atom stereocenters. The molecule has 1 aliphatic heterocycles. The quantitative estimate of drug-likeness (QED) is 0.798. The molecule has 0 saturated carbocycles. The molecule has 1 saturated heterocycles. The normalized spacial score (nSPS) is 18.4. The van der Waals surface area contributed by atoms with Crippen molar-refractivity contribution in [2.75, 3.05) is 19.7 Å². The van der Waals surface area contributed by atoms with Crippen LogP contribution in [0.25, 0.3) is 0 Å². The molecule has 1 aromatic carbocycles. The molecule has 6 heteroatoms. The topological polar surface area (TPSA) is 46.6 Å². The maximum atomic E-state index is 12.5. The summed E-state index contributed by atoms with van der Waals surface area (Å²) >= 11 is 11.9. The molecular formula is C15H17Cl2NO3. The SMILES string of the molecule is CCOC(=O)C1CCCN(C(=O)c2ccc(Cl)cc2Cl)C1. The van der Waals surface area contributed by atoms with E-state index in [1.165, 1.54) is 0 Å². The number of nitrogens with zero attached hydrogens (tertiary/aromatic N) is 1. The van der Waals surface area contributed by atoms with Gasteiger partial charge in [-0.1, -0.05) is 23.2 Å². The van der Waals surface area contributed by atoms with Gasteiger partial charge in [0.05, 0.1) is 23.1 Å². The molecule has 1 unspecified atom stereocenters. The van der Waals surface area contributed by atoms with Crippen molar-refractivity contribution < 1.29 is 14.3 Å². The molecule has 1 amide bonds. The number of hydrogen-bond donors (Lipinski definition) is 0. The summed E-state index contributed by atoms with van der Waals surface area (Å²) in [4.78, 5) is 26.0. The third-order valence-electron chi connectivity index (χ3n) is 3.49. The van der Waals surface area contributed by atoms with Gasteiger partial charge in [-0.15, -0.1) is 0 Å². The number of carbonyl (C=O) groups is 2. The fourth-order valence-electron chi connectivity index (χ4n) is 2.45. The van der Waals surface area contributed by atoms with Crippen molar-refractivity contribution in [2.45, 2.75) is 19.8 Å². The number of benzene rings is 1. The van der Waals surface area contributed by atoms with Gasteiger partial charge in [0.1, 0.15) is 0 Å². The van der Waals surface area contributed by atoms with Crippen molar-refractivity contribution in [2.24, 2.45) is 5.92 Å². The van der Waals surface area contributed by atoms with Crippen LogP contribution in [0.1, 0.15) is 30.1 Å². The zero-order valence-electron chi connectivity index (χ0n) is 11.8. The van der Waals surface area contributed by atoms with Crippen LogP contribution in [0.5, 0.6) is 0 Å². The Kier molecular flexibility index (Phi) is 5.48. The fourth-order valence-corrected chi connectivity index (χ4v) is 2.94. The monoisotopic (exact) mass is 329 g/mol. The molecular weight excluding hydrogens is 313 g/mol. The average Bonchev–Trinajstić information content (AvgIpc) is 2.47. The lowest BCUT2D eigenvalue weighted by atomic mass is 9.97. The van der Waals surface area contributed by atoms with E-state index in [4.69, 9.17) is 27.9 Å². The van der Waals surface area contributed by atoms with Gasteiger partial charge in [-0.05, 0) is 38.0 Å². The first kappa shape index (κ1) is 16.1. The summed E-state index contributed by atoms with van der Waals surface area (Å²) in [6.45, 7) is 3.12. The molecule has 21 heavy (non-hydrogen) atoms. The Balaban J connectivity index is 2.10. The van der Waals surface area contributed by atoms with Crippen molar-refractivity contribution in [3.8, 4) is 0 Å². The minimum absolute atomic E-state index is 0.175. The highest BCUT2D eigenvalue weighted by molar-refractivity contribution is 6.36. The van der Waals surface area contributed by atoms with Crippen molar-refractivity contribution in [3.05, 3.63) is 33.8 Å². The van der Waals surface area contributed by atoms with Gasteiger partial charge < -0.3 is 9.64 Å². The Labute approximate surface area is 134 Å². The summed E-state index contributed by atoms with van der Waals surface area (Å²) in [5, 5.41) is 0.811. The Morgan fingerprint density at radius 1 is 1.38 bits per heavy atom. The highest BCUT2D eigenvalue weighted by atomic mass is 35.5. The van der Waals surface area contributed by atoms with E-state index in [-0.39, 0.29) is 17.8 Å². The van der Waals surface area contributed by atoms with E-state index in [9.17, 15) is 9.59 Å². The number of hydrogen-bond acceptors (Lipinski definition) is 3. The summed E-state index contributed by atoms with van der Waals surface area (Å²) in [7, 11) is 0. The van der Waals surface area contributed by atoms with Crippen LogP contribution in [0.3, 0.4) is 0 Å². The Bertz CT molecular complexity index is 548. The number of piperidine rings is 1. The molecule has 0 N–H and O–H groups in total. The zero-order valence-corrected chi connectivity index (χ0v) is 13.3. The van der Waals surface area contributed by atoms with Crippen molar-refractivity contribution in [1.29, 1.82) is 0 Å². The molecule has 0 radical (unpaired) electrons. The van der Waals surface area contributed by atoms with Gasteiger partial charge in [-0.25, -0.2) is 0 Å². The first-order chi connectivity index (χ1) is 10.0. The second-order valence-electron chi connectivity index (χ2n) is 4.97. The highest BCUT2D eigenvalue weighted by Crippen LogP contribution is 2.25. The molecule has 2 rings (SSSR count). The van der Waals surface area contributed by atoms with Gasteiger partial charge in [-0.2, -0.15) is 0 Å². The number of rotatable bonds is 3. The van der Waals surface area contributed by atoms with E-state index in [1.807, 2.05) is 0 Å². The van der Waals surface area contributed by atoms with Crippen LogP contribution in [0.4, 0.5) is 0 Å². The molecule has 0 aromatic heterocycles. The van der Waals surface area contributed by atoms with Crippen LogP contribution in [0, 0.1) is 5.92 Å². The molecule has 0 spiro atoms. The van der Waals surface area contributed by atoms with E-state index in [1.54, 1.807) is 30.0 Å². The summed E-state index contributed by atoms with van der Waals surface area (Å²) in [6, 6.07) is 4.79. The summed E-state index contributed by atoms with van der Waals surface area (Å²) in [5.74, 6) is -0.670. The maximum absolute atomic E-state index is 12.5. The van der Waals surface area contributed by atoms with E-state index in [0.717, 1.165) is 12.8 Å². The maximum Gasteiger partial charge on any atom is 0.310 e. The van der Waals surface area contributed by atoms with Gasteiger partial charge in [-0.3, -0.25) is 9.59 Å². The van der Waals surface area contributed by atoms with Crippen molar-refractivity contribution in [3.63, 3.8) is 0 Å². The third kappa shape index (κ3) is 3.89. The number of ether oxygens (including phenoxy) is 1. The van der Waals surface area contributed by atoms with Crippen LogP contribution in [-0.2, 0) is 9.53 Å². The smallest absolute Gasteiger partial charge is 0.310 e. The molecule has 1 aromatic rings. The average molecular weight is 330 g/mol. The predicted octanol–water partition coefficient (Wildman–Crippen LogP) is 3.41. The van der Waals surface area contributed by atoms with Crippen LogP contribution in [-0.4, -0.2) is 36.5 Å².